The van der Waals surface area contributed by atoms with Gasteiger partial charge >= 0.3 is 0 Å². The molecule has 3 rings (SSSR count). The van der Waals surface area contributed by atoms with Crippen molar-refractivity contribution < 1.29 is 5.11 Å². The van der Waals surface area contributed by atoms with E-state index < -0.39 is 0 Å². The van der Waals surface area contributed by atoms with Crippen LogP contribution in [-0.4, -0.2) is 33.4 Å². The normalized spacial score (nSPS) is 20.7. The largest absolute Gasteiger partial charge is 0.507 e. The molecule has 0 aliphatic carbocycles. The van der Waals surface area contributed by atoms with Crippen LogP contribution < -0.4 is 5.32 Å². The second kappa shape index (κ2) is 8.34. The Morgan fingerprint density at radius 1 is 1.20 bits per heavy atom. The highest BCUT2D eigenvalue weighted by molar-refractivity contribution is 5.86. The van der Waals surface area contributed by atoms with Gasteiger partial charge in [0, 0.05) is 35.1 Å². The fraction of sp³-hybridized carbons (Fsp3) is 0.542. The second-order valence-electron chi connectivity index (χ2n) is 9.99. The molecular weight excluding hydrogens is 374 g/mol. The molecule has 0 amide bonds. The fourth-order valence-electron chi connectivity index (χ4n) is 5.14. The van der Waals surface area contributed by atoms with Crippen LogP contribution in [0, 0.1) is 5.92 Å². The van der Waals surface area contributed by atoms with Crippen molar-refractivity contribution in [2.24, 2.45) is 16.1 Å². The van der Waals surface area contributed by atoms with E-state index in [0.717, 1.165) is 47.0 Å². The number of fused-ring (bicyclic) bond motifs is 1. The third kappa shape index (κ3) is 5.17. The lowest BCUT2D eigenvalue weighted by Gasteiger charge is -2.46. The Morgan fingerprint density at radius 2 is 1.87 bits per heavy atom. The van der Waals surface area contributed by atoms with E-state index in [0.29, 0.717) is 5.92 Å². The van der Waals surface area contributed by atoms with Crippen molar-refractivity contribution in [3.05, 3.63) is 41.2 Å². The van der Waals surface area contributed by atoms with Crippen LogP contribution in [0.3, 0.4) is 0 Å². The minimum Gasteiger partial charge on any atom is -0.507 e. The standard InChI is InChI=1S/C24H35N5O/c1-15(19-10-18-14-26-28-21(18)11-22(19)30)9-20(27-25-7)16(2)8-17-12-23(3,4)29-24(5,6)13-17/h9-11,14,17,29-30H,8,12-13H2,1-7H3,(H,26,28)/b15-9+,20-16-,27-25?. The maximum Gasteiger partial charge on any atom is 0.125 e. The molecular formula is C24H35N5O. The molecule has 1 fully saturated rings. The van der Waals surface area contributed by atoms with E-state index in [2.05, 4.69) is 60.4 Å². The summed E-state index contributed by atoms with van der Waals surface area (Å²) in [4.78, 5) is 0. The van der Waals surface area contributed by atoms with Crippen molar-refractivity contribution in [3.63, 3.8) is 0 Å². The molecule has 1 aliphatic rings. The van der Waals surface area contributed by atoms with Crippen molar-refractivity contribution in [2.45, 2.75) is 71.9 Å². The van der Waals surface area contributed by atoms with Gasteiger partial charge in [0.15, 0.2) is 0 Å². The van der Waals surface area contributed by atoms with Gasteiger partial charge in [-0.25, -0.2) is 0 Å². The summed E-state index contributed by atoms with van der Waals surface area (Å²) in [6.45, 7) is 13.3. The number of nitrogens with one attached hydrogen (secondary N) is 2. The molecule has 0 unspecified atom stereocenters. The van der Waals surface area contributed by atoms with Gasteiger partial charge in [0.05, 0.1) is 17.4 Å². The Kier molecular flexibility index (Phi) is 6.18. The van der Waals surface area contributed by atoms with Crippen LogP contribution in [0.25, 0.3) is 16.5 Å². The van der Waals surface area contributed by atoms with Gasteiger partial charge in [-0.2, -0.15) is 15.3 Å². The molecule has 0 saturated carbocycles. The Morgan fingerprint density at radius 3 is 2.50 bits per heavy atom. The maximum absolute atomic E-state index is 10.5. The molecule has 30 heavy (non-hydrogen) atoms. The third-order valence-electron chi connectivity index (χ3n) is 5.85. The number of H-pyrrole nitrogens is 1. The quantitative estimate of drug-likeness (QED) is 0.420. The molecule has 2 aromatic rings. The molecule has 6 nitrogen and oxygen atoms in total. The number of aromatic nitrogens is 2. The highest BCUT2D eigenvalue weighted by Gasteiger charge is 2.37. The first-order valence-corrected chi connectivity index (χ1v) is 10.6. The fourth-order valence-corrected chi connectivity index (χ4v) is 5.14. The molecule has 1 aliphatic heterocycles. The average molecular weight is 410 g/mol. The zero-order chi connectivity index (χ0) is 22.1. The Labute approximate surface area is 179 Å². The van der Waals surface area contributed by atoms with Gasteiger partial charge in [-0.05, 0) is 90.0 Å². The minimum atomic E-state index is 0.122. The van der Waals surface area contributed by atoms with E-state index in [4.69, 9.17) is 0 Å². The third-order valence-corrected chi connectivity index (χ3v) is 5.85. The van der Waals surface area contributed by atoms with Crippen LogP contribution in [0.5, 0.6) is 5.75 Å². The zero-order valence-electron chi connectivity index (χ0n) is 19.3. The van der Waals surface area contributed by atoms with Gasteiger partial charge in [0.25, 0.3) is 0 Å². The minimum absolute atomic E-state index is 0.122. The second-order valence-corrected chi connectivity index (χ2v) is 9.99. The SMILES string of the molecule is CN=NC(/C=C(\C)c1cc2cn[nH]c2cc1O)=C(/C)CC1CC(C)(C)NC(C)(C)C1. The number of aromatic amines is 1. The molecule has 3 N–H and O–H groups in total. The number of allylic oxidation sites excluding steroid dienone is 3. The summed E-state index contributed by atoms with van der Waals surface area (Å²) < 4.78 is 0. The number of rotatable bonds is 5. The molecule has 1 aromatic heterocycles. The number of azo groups is 1. The predicted molar refractivity (Wildman–Crippen MR) is 124 cm³/mol. The first-order chi connectivity index (χ1) is 14.0. The number of hydrogen-bond donors (Lipinski definition) is 3. The van der Waals surface area contributed by atoms with Crippen LogP contribution in [0.15, 0.2) is 45.9 Å². The van der Waals surface area contributed by atoms with Gasteiger partial charge in [0.1, 0.15) is 5.75 Å². The first kappa shape index (κ1) is 22.2. The first-order valence-electron chi connectivity index (χ1n) is 10.6. The van der Waals surface area contributed by atoms with Gasteiger partial charge in [-0.15, -0.1) is 0 Å². The molecule has 162 valence electrons. The van der Waals surface area contributed by atoms with Crippen molar-refractivity contribution in [3.8, 4) is 5.75 Å². The lowest BCUT2D eigenvalue weighted by molar-refractivity contribution is 0.128. The Hall–Kier alpha value is -2.47. The zero-order valence-corrected chi connectivity index (χ0v) is 19.3. The average Bonchev–Trinajstić information content (AvgIpc) is 3.04. The van der Waals surface area contributed by atoms with Crippen molar-refractivity contribution in [2.75, 3.05) is 7.05 Å². The number of phenols is 1. The van der Waals surface area contributed by atoms with E-state index >= 15 is 0 Å². The summed E-state index contributed by atoms with van der Waals surface area (Å²) in [6, 6.07) is 3.67. The predicted octanol–water partition coefficient (Wildman–Crippen LogP) is 5.97. The monoisotopic (exact) mass is 409 g/mol. The molecule has 0 atom stereocenters. The summed E-state index contributed by atoms with van der Waals surface area (Å²) in [5.41, 5.74) is 4.89. The van der Waals surface area contributed by atoms with E-state index in [1.165, 1.54) is 5.57 Å². The summed E-state index contributed by atoms with van der Waals surface area (Å²) in [7, 11) is 1.70. The van der Waals surface area contributed by atoms with E-state index in [1.54, 1.807) is 19.3 Å². The van der Waals surface area contributed by atoms with Crippen molar-refractivity contribution in [1.29, 1.82) is 0 Å². The summed E-state index contributed by atoms with van der Waals surface area (Å²) >= 11 is 0. The number of piperidine rings is 1. The van der Waals surface area contributed by atoms with Crippen LogP contribution in [0.1, 0.15) is 66.4 Å². The molecule has 0 radical (unpaired) electrons. The van der Waals surface area contributed by atoms with Crippen LogP contribution in [0.2, 0.25) is 0 Å². The van der Waals surface area contributed by atoms with E-state index in [1.807, 2.05) is 19.1 Å². The van der Waals surface area contributed by atoms with Gasteiger partial charge in [-0.1, -0.05) is 0 Å². The van der Waals surface area contributed by atoms with Crippen molar-refractivity contribution >= 4 is 16.5 Å². The highest BCUT2D eigenvalue weighted by Crippen LogP contribution is 2.37. The smallest absolute Gasteiger partial charge is 0.125 e. The maximum atomic E-state index is 10.5. The van der Waals surface area contributed by atoms with Gasteiger partial charge in [-0.3, -0.25) is 5.10 Å². The number of nitrogens with zero attached hydrogens (tertiary/aromatic N) is 3. The van der Waals surface area contributed by atoms with E-state index in [9.17, 15) is 5.11 Å². The number of phenolic OH excluding ortho intramolecular Hbond substituents is 1. The number of hydrogen-bond acceptors (Lipinski definition) is 5. The van der Waals surface area contributed by atoms with Gasteiger partial charge < -0.3 is 10.4 Å². The molecule has 1 aromatic carbocycles. The molecule has 0 bridgehead atoms. The van der Waals surface area contributed by atoms with Crippen LogP contribution >= 0.6 is 0 Å². The lowest BCUT2D eigenvalue weighted by Crippen LogP contribution is -2.57. The topological polar surface area (TPSA) is 85.7 Å². The summed E-state index contributed by atoms with van der Waals surface area (Å²) in [5, 5.41) is 30.6. The Bertz CT molecular complexity index is 994. The van der Waals surface area contributed by atoms with Crippen molar-refractivity contribution in [1.82, 2.24) is 15.5 Å². The summed E-state index contributed by atoms with van der Waals surface area (Å²) in [5.74, 6) is 0.815. The Balaban J connectivity index is 1.91. The molecule has 0 spiro atoms. The van der Waals surface area contributed by atoms with Crippen LogP contribution in [0.4, 0.5) is 0 Å². The molecule has 6 heteroatoms. The summed E-state index contributed by atoms with van der Waals surface area (Å²) in [6.07, 6.45) is 7.04. The number of aromatic hydroxyl groups is 1. The van der Waals surface area contributed by atoms with Crippen LogP contribution in [-0.2, 0) is 0 Å². The van der Waals surface area contributed by atoms with Gasteiger partial charge in [0.2, 0.25) is 0 Å². The molecule has 1 saturated heterocycles. The number of benzene rings is 1. The lowest BCUT2D eigenvalue weighted by atomic mass is 9.73. The van der Waals surface area contributed by atoms with E-state index in [-0.39, 0.29) is 16.8 Å². The molecule has 2 heterocycles. The highest BCUT2D eigenvalue weighted by atomic mass is 16.3.